The molecule has 0 aliphatic carbocycles. The van der Waals surface area contributed by atoms with Crippen LogP contribution in [0.25, 0.3) is 10.7 Å². The zero-order valence-electron chi connectivity index (χ0n) is 16.4. The van der Waals surface area contributed by atoms with E-state index in [2.05, 4.69) is 32.3 Å². The number of anilines is 1. The topological polar surface area (TPSA) is 58.1 Å². The molecule has 29 heavy (non-hydrogen) atoms. The van der Waals surface area contributed by atoms with Crippen molar-refractivity contribution in [1.29, 1.82) is 0 Å². The van der Waals surface area contributed by atoms with Gasteiger partial charge in [0, 0.05) is 48.4 Å². The van der Waals surface area contributed by atoms with E-state index in [4.69, 9.17) is 0 Å². The molecule has 1 saturated heterocycles. The van der Waals surface area contributed by atoms with Gasteiger partial charge in [0.05, 0.1) is 17.8 Å². The van der Waals surface area contributed by atoms with Gasteiger partial charge in [-0.15, -0.1) is 11.3 Å². The van der Waals surface area contributed by atoms with Crippen LogP contribution in [-0.2, 0) is 17.8 Å². The van der Waals surface area contributed by atoms with Gasteiger partial charge in [0.2, 0.25) is 5.91 Å². The van der Waals surface area contributed by atoms with Crippen LogP contribution in [0.15, 0.2) is 48.0 Å². The lowest BCUT2D eigenvalue weighted by molar-refractivity contribution is -0.115. The number of hydrogen-bond acceptors (Lipinski definition) is 6. The number of benzene rings is 1. The van der Waals surface area contributed by atoms with Gasteiger partial charge in [-0.2, -0.15) is 11.8 Å². The van der Waals surface area contributed by atoms with Crippen molar-refractivity contribution in [1.82, 2.24) is 14.9 Å². The summed E-state index contributed by atoms with van der Waals surface area (Å²) in [5.41, 5.74) is 4.86. The zero-order chi connectivity index (χ0) is 20.1. The summed E-state index contributed by atoms with van der Waals surface area (Å²) in [7, 11) is 0. The molecule has 1 aliphatic heterocycles. The molecule has 5 nitrogen and oxygen atoms in total. The van der Waals surface area contributed by atoms with Gasteiger partial charge in [-0.1, -0.05) is 18.2 Å². The molecule has 150 valence electrons. The van der Waals surface area contributed by atoms with E-state index in [0.717, 1.165) is 47.3 Å². The first-order valence-corrected chi connectivity index (χ1v) is 11.8. The molecule has 1 aromatic carbocycles. The first-order chi connectivity index (χ1) is 14.2. The molecule has 3 aromatic rings. The number of rotatable bonds is 6. The van der Waals surface area contributed by atoms with Gasteiger partial charge < -0.3 is 5.32 Å². The van der Waals surface area contributed by atoms with E-state index < -0.39 is 0 Å². The summed E-state index contributed by atoms with van der Waals surface area (Å²) in [6, 6.07) is 12.1. The van der Waals surface area contributed by atoms with E-state index in [1.807, 2.05) is 48.3 Å². The normalized spacial score (nSPS) is 14.7. The maximum atomic E-state index is 12.5. The average molecular weight is 425 g/mol. The van der Waals surface area contributed by atoms with Gasteiger partial charge in [-0.25, -0.2) is 4.98 Å². The first kappa shape index (κ1) is 20.1. The second-order valence-corrected chi connectivity index (χ2v) is 9.20. The quantitative estimate of drug-likeness (QED) is 0.641. The Morgan fingerprint density at radius 3 is 2.83 bits per heavy atom. The van der Waals surface area contributed by atoms with Crippen LogP contribution in [0.3, 0.4) is 0 Å². The smallest absolute Gasteiger partial charge is 0.230 e. The predicted molar refractivity (Wildman–Crippen MR) is 121 cm³/mol. The number of carbonyl (C=O) groups excluding carboxylic acids is 1. The molecule has 7 heteroatoms. The van der Waals surface area contributed by atoms with Crippen LogP contribution in [0.5, 0.6) is 0 Å². The molecular weight excluding hydrogens is 400 g/mol. The second-order valence-electron chi connectivity index (χ2n) is 7.12. The van der Waals surface area contributed by atoms with Crippen LogP contribution < -0.4 is 5.32 Å². The Morgan fingerprint density at radius 1 is 1.21 bits per heavy atom. The molecule has 0 saturated carbocycles. The third-order valence-corrected chi connectivity index (χ3v) is 6.71. The minimum atomic E-state index is -0.0493. The van der Waals surface area contributed by atoms with Crippen molar-refractivity contribution >= 4 is 34.7 Å². The Hall–Kier alpha value is -2.22. The molecule has 1 fully saturated rings. The third kappa shape index (κ3) is 5.44. The first-order valence-electron chi connectivity index (χ1n) is 9.73. The Kier molecular flexibility index (Phi) is 6.59. The fourth-order valence-electron chi connectivity index (χ4n) is 3.34. The summed E-state index contributed by atoms with van der Waals surface area (Å²) in [5.74, 6) is 2.38. The van der Waals surface area contributed by atoms with Crippen molar-refractivity contribution in [3.05, 3.63) is 64.8 Å². The van der Waals surface area contributed by atoms with Crippen LogP contribution in [0.4, 0.5) is 5.69 Å². The summed E-state index contributed by atoms with van der Waals surface area (Å²) in [4.78, 5) is 23.9. The second kappa shape index (κ2) is 9.52. The molecule has 0 atom stereocenters. The fraction of sp³-hybridized carbons (Fsp3) is 0.318. The summed E-state index contributed by atoms with van der Waals surface area (Å²) in [6.07, 6.45) is 2.01. The van der Waals surface area contributed by atoms with Crippen LogP contribution >= 0.6 is 23.1 Å². The predicted octanol–water partition coefficient (Wildman–Crippen LogP) is 4.24. The van der Waals surface area contributed by atoms with E-state index in [1.165, 1.54) is 28.4 Å². The van der Waals surface area contributed by atoms with Crippen molar-refractivity contribution in [2.24, 2.45) is 0 Å². The summed E-state index contributed by atoms with van der Waals surface area (Å²) in [5, 5.41) is 5.80. The van der Waals surface area contributed by atoms with Gasteiger partial charge in [0.15, 0.2) is 0 Å². The largest absolute Gasteiger partial charge is 0.326 e. The van der Waals surface area contributed by atoms with Gasteiger partial charge in [-0.3, -0.25) is 14.7 Å². The monoisotopic (exact) mass is 424 g/mol. The minimum absolute atomic E-state index is 0.0493. The molecule has 4 rings (SSSR count). The number of aromatic nitrogens is 2. The molecule has 1 N–H and O–H groups in total. The van der Waals surface area contributed by atoms with E-state index in [-0.39, 0.29) is 12.3 Å². The van der Waals surface area contributed by atoms with Crippen molar-refractivity contribution in [3.8, 4) is 10.7 Å². The molecule has 0 spiro atoms. The highest BCUT2D eigenvalue weighted by molar-refractivity contribution is 7.99. The number of amides is 1. The molecule has 2 aromatic heterocycles. The van der Waals surface area contributed by atoms with E-state index in [1.54, 1.807) is 6.20 Å². The van der Waals surface area contributed by atoms with E-state index in [9.17, 15) is 4.79 Å². The molecule has 0 unspecified atom stereocenters. The molecular formula is C22H24N4OS2. The van der Waals surface area contributed by atoms with Crippen molar-refractivity contribution < 1.29 is 4.79 Å². The fourth-order valence-corrected chi connectivity index (χ4v) is 5.11. The number of hydrogen-bond donors (Lipinski definition) is 1. The van der Waals surface area contributed by atoms with Crippen LogP contribution in [0.2, 0.25) is 0 Å². The summed E-state index contributed by atoms with van der Waals surface area (Å²) < 4.78 is 0. The number of carbonyl (C=O) groups is 1. The van der Waals surface area contributed by atoms with Crippen molar-refractivity contribution in [3.63, 3.8) is 0 Å². The highest BCUT2D eigenvalue weighted by Gasteiger charge is 2.13. The molecule has 1 amide bonds. The van der Waals surface area contributed by atoms with Crippen LogP contribution in [0.1, 0.15) is 16.8 Å². The zero-order valence-corrected chi connectivity index (χ0v) is 18.1. The third-order valence-electron chi connectivity index (χ3n) is 4.85. The molecule has 0 bridgehead atoms. The standard InChI is InChI=1S/C22H24N4OS2/c1-16-12-17(14-26-8-10-28-11-9-26)5-6-19(16)25-21(27)13-18-15-29-22(24-18)20-4-2-3-7-23-20/h2-7,12,15H,8-11,13-14H2,1H3,(H,25,27). The Labute approximate surface area is 179 Å². The highest BCUT2D eigenvalue weighted by Crippen LogP contribution is 2.23. The number of aryl methyl sites for hydroxylation is 1. The summed E-state index contributed by atoms with van der Waals surface area (Å²) >= 11 is 3.54. The number of nitrogens with one attached hydrogen (secondary N) is 1. The van der Waals surface area contributed by atoms with Gasteiger partial charge in [0.25, 0.3) is 0 Å². The highest BCUT2D eigenvalue weighted by atomic mass is 32.2. The maximum absolute atomic E-state index is 12.5. The van der Waals surface area contributed by atoms with Crippen LogP contribution in [-0.4, -0.2) is 45.4 Å². The Bertz CT molecular complexity index is 968. The number of pyridine rings is 1. The molecule has 3 heterocycles. The Morgan fingerprint density at radius 2 is 2.07 bits per heavy atom. The molecule has 0 radical (unpaired) electrons. The maximum Gasteiger partial charge on any atom is 0.230 e. The lowest BCUT2D eigenvalue weighted by Gasteiger charge is -2.26. The van der Waals surface area contributed by atoms with Crippen LogP contribution in [0, 0.1) is 6.92 Å². The van der Waals surface area contributed by atoms with Gasteiger partial charge in [0.1, 0.15) is 5.01 Å². The average Bonchev–Trinajstić information content (AvgIpc) is 3.20. The number of thiazole rings is 1. The van der Waals surface area contributed by atoms with E-state index >= 15 is 0 Å². The minimum Gasteiger partial charge on any atom is -0.326 e. The van der Waals surface area contributed by atoms with Gasteiger partial charge in [-0.05, 0) is 36.2 Å². The van der Waals surface area contributed by atoms with Gasteiger partial charge >= 0.3 is 0 Å². The summed E-state index contributed by atoms with van der Waals surface area (Å²) in [6.45, 7) is 5.32. The lowest BCUT2D eigenvalue weighted by atomic mass is 10.1. The molecule has 1 aliphatic rings. The number of thioether (sulfide) groups is 1. The van der Waals surface area contributed by atoms with Crippen molar-refractivity contribution in [2.75, 3.05) is 29.9 Å². The Balaban J connectivity index is 1.35. The number of nitrogens with zero attached hydrogens (tertiary/aromatic N) is 3. The van der Waals surface area contributed by atoms with Crippen molar-refractivity contribution in [2.45, 2.75) is 19.9 Å². The SMILES string of the molecule is Cc1cc(CN2CCSCC2)ccc1NC(=O)Cc1csc(-c2ccccn2)n1. The van der Waals surface area contributed by atoms with E-state index in [0.29, 0.717) is 0 Å². The lowest BCUT2D eigenvalue weighted by Crippen LogP contribution is -2.31.